The average molecular weight is 368 g/mol. The molecular weight excluding hydrogens is 348 g/mol. The quantitative estimate of drug-likeness (QED) is 0.737. The summed E-state index contributed by atoms with van der Waals surface area (Å²) in [4.78, 5) is 25.6. The van der Waals surface area contributed by atoms with Crippen molar-refractivity contribution >= 4 is 21.9 Å². The number of aliphatic carboxylic acids is 1. The molecule has 1 saturated carbocycles. The van der Waals surface area contributed by atoms with Crippen LogP contribution in [0.3, 0.4) is 0 Å². The van der Waals surface area contributed by atoms with Crippen LogP contribution >= 0.6 is 0 Å². The van der Waals surface area contributed by atoms with Crippen molar-refractivity contribution in [2.45, 2.75) is 30.2 Å². The largest absolute Gasteiger partial charge is 0.480 e. The molecule has 0 radical (unpaired) electrons. The lowest BCUT2D eigenvalue weighted by Gasteiger charge is -2.35. The summed E-state index contributed by atoms with van der Waals surface area (Å²) in [7, 11) is -3.63. The molecule has 2 fully saturated rings. The van der Waals surface area contributed by atoms with Crippen LogP contribution in [0.15, 0.2) is 30.3 Å². The Bertz CT molecular complexity index is 747. The highest BCUT2D eigenvalue weighted by molar-refractivity contribution is 7.90. The van der Waals surface area contributed by atoms with Crippen LogP contribution < -0.4 is 4.72 Å². The fraction of sp³-hybridized carbons (Fsp3) is 0.500. The third-order valence-corrected chi connectivity index (χ3v) is 6.24. The summed E-state index contributed by atoms with van der Waals surface area (Å²) in [6.07, 6.45) is 1.14. The molecule has 1 aliphatic heterocycles. The molecule has 2 atom stereocenters. The number of carbonyl (C=O) groups excluding carboxylic acids is 1. The number of rotatable bonds is 6. The zero-order valence-corrected chi connectivity index (χ0v) is 14.3. The lowest BCUT2D eigenvalue weighted by atomic mass is 10.1. The molecule has 0 spiro atoms. The third kappa shape index (κ3) is 4.00. The highest BCUT2D eigenvalue weighted by Gasteiger charge is 2.42. The van der Waals surface area contributed by atoms with Gasteiger partial charge in [-0.05, 0) is 18.4 Å². The van der Waals surface area contributed by atoms with Gasteiger partial charge in [0.15, 0.2) is 6.04 Å². The van der Waals surface area contributed by atoms with Gasteiger partial charge in [0.2, 0.25) is 15.9 Å². The first-order valence-electron chi connectivity index (χ1n) is 8.07. The lowest BCUT2D eigenvalue weighted by molar-refractivity contribution is -0.159. The topological polar surface area (TPSA) is 113 Å². The molecule has 1 aromatic carbocycles. The molecule has 8 nitrogen and oxygen atoms in total. The Labute approximate surface area is 145 Å². The second-order valence-corrected chi connectivity index (χ2v) is 8.16. The molecule has 1 aliphatic carbocycles. The van der Waals surface area contributed by atoms with Crippen LogP contribution in [0.1, 0.15) is 24.4 Å². The van der Waals surface area contributed by atoms with Crippen LogP contribution in [0.25, 0.3) is 0 Å². The van der Waals surface area contributed by atoms with E-state index < -0.39 is 39.2 Å². The maximum absolute atomic E-state index is 13.0. The van der Waals surface area contributed by atoms with Crippen molar-refractivity contribution in [3.05, 3.63) is 35.9 Å². The predicted molar refractivity (Wildman–Crippen MR) is 88.2 cm³/mol. The first-order valence-corrected chi connectivity index (χ1v) is 9.62. The Kier molecular flexibility index (Phi) is 5.07. The second-order valence-electron chi connectivity index (χ2n) is 6.17. The molecule has 2 unspecified atom stereocenters. The number of benzene rings is 1. The number of nitrogens with zero attached hydrogens (tertiary/aromatic N) is 1. The first-order chi connectivity index (χ1) is 11.9. The molecular formula is C16H20N2O6S. The molecule has 2 aliphatic rings. The Hall–Kier alpha value is -1.97. The number of ether oxygens (including phenoxy) is 1. The number of carboxylic acids is 1. The van der Waals surface area contributed by atoms with Gasteiger partial charge >= 0.3 is 5.97 Å². The number of hydrogen-bond donors (Lipinski definition) is 2. The Morgan fingerprint density at radius 2 is 1.92 bits per heavy atom. The number of carbonyl (C=O) groups is 2. The molecule has 3 rings (SSSR count). The highest BCUT2D eigenvalue weighted by Crippen LogP contribution is 2.30. The molecule has 0 aromatic heterocycles. The molecule has 1 heterocycles. The summed E-state index contributed by atoms with van der Waals surface area (Å²) in [5.74, 6) is -1.75. The van der Waals surface area contributed by atoms with Crippen molar-refractivity contribution < 1.29 is 27.9 Å². The standard InChI is InChI=1S/C16H20N2O6S/c19-15(18-8-9-24-10-13(18)16(20)21)14(11-4-2-1-3-5-11)17-25(22,23)12-6-7-12/h1-5,12-14,17H,6-10H2,(H,20,21). The maximum Gasteiger partial charge on any atom is 0.328 e. The molecule has 2 N–H and O–H groups in total. The minimum Gasteiger partial charge on any atom is -0.480 e. The van der Waals surface area contributed by atoms with E-state index in [1.807, 2.05) is 0 Å². The van der Waals surface area contributed by atoms with Crippen LogP contribution in [-0.2, 0) is 24.3 Å². The van der Waals surface area contributed by atoms with Gasteiger partial charge in [-0.25, -0.2) is 13.2 Å². The van der Waals surface area contributed by atoms with Gasteiger partial charge in [-0.1, -0.05) is 30.3 Å². The van der Waals surface area contributed by atoms with E-state index in [-0.39, 0.29) is 19.8 Å². The number of sulfonamides is 1. The summed E-state index contributed by atoms with van der Waals surface area (Å²) in [6.45, 7) is 0.203. The molecule has 9 heteroatoms. The van der Waals surface area contributed by atoms with Crippen molar-refractivity contribution in [1.29, 1.82) is 0 Å². The van der Waals surface area contributed by atoms with Crippen molar-refractivity contribution in [1.82, 2.24) is 9.62 Å². The highest BCUT2D eigenvalue weighted by atomic mass is 32.2. The minimum atomic E-state index is -3.63. The van der Waals surface area contributed by atoms with Gasteiger partial charge in [0, 0.05) is 6.54 Å². The number of nitrogens with one attached hydrogen (secondary N) is 1. The van der Waals surface area contributed by atoms with E-state index in [4.69, 9.17) is 4.74 Å². The van der Waals surface area contributed by atoms with Crippen LogP contribution in [0.4, 0.5) is 0 Å². The summed E-state index contributed by atoms with van der Waals surface area (Å²) in [5.41, 5.74) is 0.479. The van der Waals surface area contributed by atoms with Crippen LogP contribution in [0, 0.1) is 0 Å². The molecule has 1 saturated heterocycles. The van der Waals surface area contributed by atoms with Gasteiger partial charge in [0.05, 0.1) is 18.5 Å². The van der Waals surface area contributed by atoms with E-state index in [9.17, 15) is 23.1 Å². The molecule has 1 amide bonds. The molecule has 136 valence electrons. The van der Waals surface area contributed by atoms with Gasteiger partial charge in [-0.15, -0.1) is 0 Å². The van der Waals surface area contributed by atoms with Crippen molar-refractivity contribution in [3.8, 4) is 0 Å². The van der Waals surface area contributed by atoms with E-state index in [0.29, 0.717) is 18.4 Å². The Morgan fingerprint density at radius 1 is 1.24 bits per heavy atom. The number of morpholine rings is 1. The number of amides is 1. The first kappa shape index (κ1) is 17.8. The molecule has 25 heavy (non-hydrogen) atoms. The summed E-state index contributed by atoms with van der Waals surface area (Å²) in [6, 6.07) is 6.19. The predicted octanol–water partition coefficient (Wildman–Crippen LogP) is 0.122. The van der Waals surface area contributed by atoms with Gasteiger partial charge in [-0.2, -0.15) is 4.72 Å². The van der Waals surface area contributed by atoms with Crippen molar-refractivity contribution in [2.24, 2.45) is 0 Å². The van der Waals surface area contributed by atoms with E-state index in [0.717, 1.165) is 0 Å². The average Bonchev–Trinajstić information content (AvgIpc) is 3.45. The van der Waals surface area contributed by atoms with Gasteiger partial charge in [0.1, 0.15) is 6.04 Å². The van der Waals surface area contributed by atoms with E-state index in [1.54, 1.807) is 30.3 Å². The summed E-state index contributed by atoms with van der Waals surface area (Å²) < 4.78 is 32.3. The Balaban J connectivity index is 1.90. The summed E-state index contributed by atoms with van der Waals surface area (Å²) in [5, 5.41) is 8.85. The van der Waals surface area contributed by atoms with Gasteiger partial charge < -0.3 is 14.7 Å². The van der Waals surface area contributed by atoms with Gasteiger partial charge in [-0.3, -0.25) is 4.79 Å². The number of hydrogen-bond acceptors (Lipinski definition) is 5. The smallest absolute Gasteiger partial charge is 0.328 e. The fourth-order valence-corrected chi connectivity index (χ4v) is 4.30. The van der Waals surface area contributed by atoms with Gasteiger partial charge in [0.25, 0.3) is 0 Å². The van der Waals surface area contributed by atoms with E-state index in [2.05, 4.69) is 4.72 Å². The van der Waals surface area contributed by atoms with Crippen molar-refractivity contribution in [3.63, 3.8) is 0 Å². The maximum atomic E-state index is 13.0. The van der Waals surface area contributed by atoms with E-state index >= 15 is 0 Å². The zero-order valence-electron chi connectivity index (χ0n) is 13.5. The second kappa shape index (κ2) is 7.11. The van der Waals surface area contributed by atoms with Crippen LogP contribution in [0.2, 0.25) is 0 Å². The number of carboxylic acid groups (broad SMARTS) is 1. The normalized spacial score (nSPS) is 22.4. The minimum absolute atomic E-state index is 0.101. The van der Waals surface area contributed by atoms with Crippen LogP contribution in [0.5, 0.6) is 0 Å². The third-order valence-electron chi connectivity index (χ3n) is 4.32. The SMILES string of the molecule is O=C(O)C1COCCN1C(=O)C(NS(=O)(=O)C1CC1)c1ccccc1. The Morgan fingerprint density at radius 3 is 2.52 bits per heavy atom. The lowest BCUT2D eigenvalue weighted by Crippen LogP contribution is -2.55. The van der Waals surface area contributed by atoms with Crippen LogP contribution in [-0.4, -0.2) is 61.4 Å². The molecule has 1 aromatic rings. The molecule has 0 bridgehead atoms. The monoisotopic (exact) mass is 368 g/mol. The van der Waals surface area contributed by atoms with E-state index in [1.165, 1.54) is 4.90 Å². The summed E-state index contributed by atoms with van der Waals surface area (Å²) >= 11 is 0. The van der Waals surface area contributed by atoms with Crippen molar-refractivity contribution in [2.75, 3.05) is 19.8 Å². The zero-order chi connectivity index (χ0) is 18.0. The fourth-order valence-electron chi connectivity index (χ4n) is 2.78.